The Morgan fingerprint density at radius 2 is 1.87 bits per heavy atom. The molecule has 0 radical (unpaired) electrons. The van der Waals surface area contributed by atoms with Crippen molar-refractivity contribution in [3.05, 3.63) is 59.4 Å². The predicted molar refractivity (Wildman–Crippen MR) is 108 cm³/mol. The van der Waals surface area contributed by atoms with Crippen molar-refractivity contribution in [1.82, 2.24) is 19.6 Å². The van der Waals surface area contributed by atoms with Crippen LogP contribution < -0.4 is 11.1 Å². The summed E-state index contributed by atoms with van der Waals surface area (Å²) in [5, 5.41) is 7.09. The van der Waals surface area contributed by atoms with Gasteiger partial charge in [-0.05, 0) is 24.6 Å². The van der Waals surface area contributed by atoms with E-state index in [9.17, 15) is 22.8 Å². The van der Waals surface area contributed by atoms with Gasteiger partial charge in [-0.15, -0.1) is 5.10 Å². The van der Waals surface area contributed by atoms with Gasteiger partial charge in [-0.2, -0.15) is 17.9 Å². The van der Waals surface area contributed by atoms with Crippen molar-refractivity contribution >= 4 is 17.8 Å². The SMILES string of the molecule is C=C(C)Nc1ccn(C(=O)N2CCN(Cc3ccc(C(N)=O)c(C(F)(F)F)c3)CC2)n1. The number of nitrogens with one attached hydrogen (secondary N) is 1. The summed E-state index contributed by atoms with van der Waals surface area (Å²) in [7, 11) is 0. The van der Waals surface area contributed by atoms with Crippen LogP contribution in [0.15, 0.2) is 42.7 Å². The second kappa shape index (κ2) is 8.80. The Morgan fingerprint density at radius 3 is 2.45 bits per heavy atom. The van der Waals surface area contributed by atoms with Gasteiger partial charge < -0.3 is 16.0 Å². The number of rotatable bonds is 5. The van der Waals surface area contributed by atoms with Crippen LogP contribution in [0.1, 0.15) is 28.4 Å². The topological polar surface area (TPSA) is 96.5 Å². The average molecular weight is 436 g/mol. The molecule has 0 atom stereocenters. The van der Waals surface area contributed by atoms with E-state index in [1.54, 1.807) is 24.1 Å². The van der Waals surface area contributed by atoms with Gasteiger partial charge in [-0.3, -0.25) is 9.69 Å². The van der Waals surface area contributed by atoms with E-state index in [4.69, 9.17) is 5.73 Å². The summed E-state index contributed by atoms with van der Waals surface area (Å²) in [5.41, 5.74) is 4.59. The van der Waals surface area contributed by atoms with Gasteiger partial charge in [0.15, 0.2) is 5.82 Å². The number of hydrogen-bond donors (Lipinski definition) is 2. The zero-order chi connectivity index (χ0) is 22.8. The molecule has 1 saturated heterocycles. The molecule has 1 aromatic heterocycles. The van der Waals surface area contributed by atoms with Gasteiger partial charge in [0, 0.05) is 50.7 Å². The van der Waals surface area contributed by atoms with E-state index in [2.05, 4.69) is 17.0 Å². The maximum atomic E-state index is 13.3. The van der Waals surface area contributed by atoms with Crippen LogP contribution in [0, 0.1) is 0 Å². The van der Waals surface area contributed by atoms with Crippen LogP contribution >= 0.6 is 0 Å². The third-order valence-corrected chi connectivity index (χ3v) is 4.83. The van der Waals surface area contributed by atoms with E-state index in [0.717, 1.165) is 12.1 Å². The lowest BCUT2D eigenvalue weighted by Crippen LogP contribution is -2.49. The lowest BCUT2D eigenvalue weighted by molar-refractivity contribution is -0.138. The zero-order valence-corrected chi connectivity index (χ0v) is 16.9. The predicted octanol–water partition coefficient (Wildman–Crippen LogP) is 2.73. The number of benzene rings is 1. The van der Waals surface area contributed by atoms with E-state index < -0.39 is 23.2 Å². The number of amides is 2. The first-order valence-corrected chi connectivity index (χ1v) is 9.54. The molecule has 0 aliphatic carbocycles. The molecule has 166 valence electrons. The fourth-order valence-corrected chi connectivity index (χ4v) is 3.36. The largest absolute Gasteiger partial charge is 0.417 e. The van der Waals surface area contributed by atoms with Gasteiger partial charge in [0.1, 0.15) is 0 Å². The van der Waals surface area contributed by atoms with Crippen molar-refractivity contribution < 1.29 is 22.8 Å². The highest BCUT2D eigenvalue weighted by molar-refractivity contribution is 5.94. The number of hydrogen-bond acceptors (Lipinski definition) is 5. The van der Waals surface area contributed by atoms with Crippen molar-refractivity contribution in [2.24, 2.45) is 5.73 Å². The summed E-state index contributed by atoms with van der Waals surface area (Å²) in [5.74, 6) is -0.606. The van der Waals surface area contributed by atoms with E-state index in [1.165, 1.54) is 10.7 Å². The number of allylic oxidation sites excluding steroid dienone is 1. The molecule has 3 N–H and O–H groups in total. The Labute approximate surface area is 177 Å². The number of anilines is 1. The van der Waals surface area contributed by atoms with Crippen LogP contribution in [-0.4, -0.2) is 57.7 Å². The van der Waals surface area contributed by atoms with Gasteiger partial charge >= 0.3 is 12.2 Å². The lowest BCUT2D eigenvalue weighted by Gasteiger charge is -2.34. The average Bonchev–Trinajstić information content (AvgIpc) is 3.15. The maximum Gasteiger partial charge on any atom is 0.417 e. The summed E-state index contributed by atoms with van der Waals surface area (Å²) < 4.78 is 41.0. The molecule has 1 aliphatic rings. The molecule has 0 bridgehead atoms. The summed E-state index contributed by atoms with van der Waals surface area (Å²) in [6.07, 6.45) is -3.12. The first-order chi connectivity index (χ1) is 14.5. The van der Waals surface area contributed by atoms with Crippen LogP contribution in [0.3, 0.4) is 0 Å². The first kappa shape index (κ1) is 22.3. The smallest absolute Gasteiger partial charge is 0.366 e. The Kier molecular flexibility index (Phi) is 6.34. The molecule has 1 fully saturated rings. The molecule has 0 unspecified atom stereocenters. The first-order valence-electron chi connectivity index (χ1n) is 9.54. The third-order valence-electron chi connectivity index (χ3n) is 4.83. The zero-order valence-electron chi connectivity index (χ0n) is 16.9. The molecule has 1 aromatic carbocycles. The molecule has 8 nitrogen and oxygen atoms in total. The van der Waals surface area contributed by atoms with Crippen LogP contribution in [-0.2, 0) is 12.7 Å². The molecular weight excluding hydrogens is 413 g/mol. The van der Waals surface area contributed by atoms with Crippen molar-refractivity contribution in [3.8, 4) is 0 Å². The van der Waals surface area contributed by atoms with Crippen molar-refractivity contribution in [2.75, 3.05) is 31.5 Å². The summed E-state index contributed by atoms with van der Waals surface area (Å²) in [6, 6.07) is 4.91. The number of nitrogens with two attached hydrogens (primary N) is 1. The number of aromatic nitrogens is 2. The Bertz CT molecular complexity index is 993. The van der Waals surface area contributed by atoms with Gasteiger partial charge in [-0.1, -0.05) is 12.6 Å². The maximum absolute atomic E-state index is 13.3. The number of carbonyl (C=O) groups is 2. The van der Waals surface area contributed by atoms with Crippen LogP contribution in [0.4, 0.5) is 23.8 Å². The van der Waals surface area contributed by atoms with Gasteiger partial charge in [0.25, 0.3) is 0 Å². The molecule has 2 amide bonds. The highest BCUT2D eigenvalue weighted by Crippen LogP contribution is 2.33. The number of nitrogens with zero attached hydrogens (tertiary/aromatic N) is 4. The van der Waals surface area contributed by atoms with Gasteiger partial charge in [-0.25, -0.2) is 4.79 Å². The molecule has 2 aromatic rings. The molecule has 0 saturated carbocycles. The highest BCUT2D eigenvalue weighted by Gasteiger charge is 2.35. The number of halogens is 3. The van der Waals surface area contributed by atoms with E-state index in [1.807, 2.05) is 4.90 Å². The minimum Gasteiger partial charge on any atom is -0.366 e. The molecule has 1 aliphatic heterocycles. The van der Waals surface area contributed by atoms with Gasteiger partial charge in [0.2, 0.25) is 5.91 Å². The molecule has 0 spiro atoms. The molecule has 3 rings (SSSR count). The molecule has 2 heterocycles. The van der Waals surface area contributed by atoms with Crippen molar-refractivity contribution in [3.63, 3.8) is 0 Å². The standard InChI is InChI=1S/C20H23F3N6O2/c1-13(2)25-17-5-6-29(26-17)19(31)28-9-7-27(8-10-28)12-14-3-4-15(18(24)30)16(11-14)20(21,22)23/h3-6,11H,1,7-10,12H2,2H3,(H2,24,30)(H,25,26). The van der Waals surface area contributed by atoms with E-state index in [0.29, 0.717) is 43.3 Å². The number of piperazine rings is 1. The Balaban J connectivity index is 1.61. The fourth-order valence-electron chi connectivity index (χ4n) is 3.36. The van der Waals surface area contributed by atoms with Crippen molar-refractivity contribution in [1.29, 1.82) is 0 Å². The third kappa shape index (κ3) is 5.43. The monoisotopic (exact) mass is 436 g/mol. The summed E-state index contributed by atoms with van der Waals surface area (Å²) >= 11 is 0. The normalized spacial score (nSPS) is 15.0. The minimum atomic E-state index is -4.67. The van der Waals surface area contributed by atoms with Crippen molar-refractivity contribution in [2.45, 2.75) is 19.6 Å². The highest BCUT2D eigenvalue weighted by atomic mass is 19.4. The lowest BCUT2D eigenvalue weighted by atomic mass is 10.0. The van der Waals surface area contributed by atoms with E-state index in [-0.39, 0.29) is 12.6 Å². The molecule has 11 heteroatoms. The van der Waals surface area contributed by atoms with Crippen LogP contribution in [0.25, 0.3) is 0 Å². The van der Waals surface area contributed by atoms with Gasteiger partial charge in [0.05, 0.1) is 11.1 Å². The van der Waals surface area contributed by atoms with E-state index >= 15 is 0 Å². The number of alkyl halides is 3. The summed E-state index contributed by atoms with van der Waals surface area (Å²) in [4.78, 5) is 27.5. The second-order valence-corrected chi connectivity index (χ2v) is 7.34. The van der Waals surface area contributed by atoms with Crippen LogP contribution in [0.2, 0.25) is 0 Å². The number of primary amides is 1. The summed E-state index contributed by atoms with van der Waals surface area (Å²) in [6.45, 7) is 7.56. The molecular formula is C20H23F3N6O2. The Morgan fingerprint density at radius 1 is 1.19 bits per heavy atom. The fraction of sp³-hybridized carbons (Fsp3) is 0.350. The Hall–Kier alpha value is -3.34. The quantitative estimate of drug-likeness (QED) is 0.751. The minimum absolute atomic E-state index is 0.263. The second-order valence-electron chi connectivity index (χ2n) is 7.34. The van der Waals surface area contributed by atoms with Crippen LogP contribution in [0.5, 0.6) is 0 Å². The number of carbonyl (C=O) groups excluding carboxylic acids is 2. The molecule has 31 heavy (non-hydrogen) atoms.